The van der Waals surface area contributed by atoms with Gasteiger partial charge in [-0.3, -0.25) is 10.6 Å². The van der Waals surface area contributed by atoms with Gasteiger partial charge in [0.2, 0.25) is 0 Å². The predicted molar refractivity (Wildman–Crippen MR) is 48.5 cm³/mol. The molecule has 0 aromatic heterocycles. The normalized spacial score (nSPS) is 13.6. The standard InChI is InChI=1S/C6H14N3OP/c1-4(2)9(8)5(3-7)6(10)11/h3-5,7H,8,11H2,1-2H3. The molecule has 0 saturated heterocycles. The van der Waals surface area contributed by atoms with Crippen molar-refractivity contribution in [3.8, 4) is 0 Å². The van der Waals surface area contributed by atoms with Crippen LogP contribution in [0.3, 0.4) is 0 Å². The summed E-state index contributed by atoms with van der Waals surface area (Å²) in [5.41, 5.74) is -0.184. The van der Waals surface area contributed by atoms with Crippen molar-refractivity contribution in [1.29, 1.82) is 5.41 Å². The van der Waals surface area contributed by atoms with Gasteiger partial charge in [0.1, 0.15) is 6.04 Å². The van der Waals surface area contributed by atoms with Crippen LogP contribution in [0.25, 0.3) is 0 Å². The van der Waals surface area contributed by atoms with Crippen LogP contribution in [-0.2, 0) is 4.79 Å². The summed E-state index contributed by atoms with van der Waals surface area (Å²) < 4.78 is 0. The molecule has 0 radical (unpaired) electrons. The monoisotopic (exact) mass is 175 g/mol. The quantitative estimate of drug-likeness (QED) is 0.273. The molecule has 0 aliphatic rings. The van der Waals surface area contributed by atoms with Crippen LogP contribution in [0.4, 0.5) is 0 Å². The second kappa shape index (κ2) is 4.54. The van der Waals surface area contributed by atoms with Crippen molar-refractivity contribution in [2.75, 3.05) is 0 Å². The fourth-order valence-electron chi connectivity index (χ4n) is 0.636. The van der Waals surface area contributed by atoms with Gasteiger partial charge < -0.3 is 5.41 Å². The van der Waals surface area contributed by atoms with Gasteiger partial charge in [-0.2, -0.15) is 0 Å². The van der Waals surface area contributed by atoms with Crippen LogP contribution in [0.5, 0.6) is 0 Å². The Morgan fingerprint density at radius 1 is 1.73 bits per heavy atom. The Hall–Kier alpha value is -0.310. The number of nitrogens with two attached hydrogens (primary N) is 1. The molecule has 0 bridgehead atoms. The van der Waals surface area contributed by atoms with Crippen molar-refractivity contribution in [2.45, 2.75) is 25.9 Å². The molecule has 11 heavy (non-hydrogen) atoms. The summed E-state index contributed by atoms with van der Waals surface area (Å²) >= 11 is 0. The van der Waals surface area contributed by atoms with E-state index in [2.05, 4.69) is 0 Å². The third-order valence-electron chi connectivity index (χ3n) is 1.37. The molecule has 0 heterocycles. The van der Waals surface area contributed by atoms with E-state index >= 15 is 0 Å². The Kier molecular flexibility index (Phi) is 4.42. The fraction of sp³-hybridized carbons (Fsp3) is 0.667. The Bertz CT molecular complexity index is 160. The summed E-state index contributed by atoms with van der Waals surface area (Å²) in [6.07, 6.45) is 1.04. The van der Waals surface area contributed by atoms with Gasteiger partial charge in [-0.1, -0.05) is 9.24 Å². The molecule has 0 aromatic rings. The highest BCUT2D eigenvalue weighted by Gasteiger charge is 2.19. The molecular weight excluding hydrogens is 161 g/mol. The zero-order chi connectivity index (χ0) is 9.02. The van der Waals surface area contributed by atoms with Crippen molar-refractivity contribution >= 4 is 21.0 Å². The van der Waals surface area contributed by atoms with Crippen LogP contribution in [0, 0.1) is 5.41 Å². The average Bonchev–Trinajstić information content (AvgIpc) is 1.88. The lowest BCUT2D eigenvalue weighted by Crippen LogP contribution is -2.49. The molecule has 0 aliphatic heterocycles. The summed E-state index contributed by atoms with van der Waals surface area (Å²) in [5.74, 6) is 5.52. The molecule has 3 N–H and O–H groups in total. The summed E-state index contributed by atoms with van der Waals surface area (Å²) in [4.78, 5) is 10.8. The van der Waals surface area contributed by atoms with Gasteiger partial charge in [-0.25, -0.2) is 5.01 Å². The van der Waals surface area contributed by atoms with Crippen molar-refractivity contribution in [1.82, 2.24) is 5.01 Å². The number of carbonyl (C=O) groups excluding carboxylic acids is 1. The van der Waals surface area contributed by atoms with Crippen LogP contribution in [0.1, 0.15) is 13.8 Å². The van der Waals surface area contributed by atoms with Gasteiger partial charge in [-0.05, 0) is 13.8 Å². The summed E-state index contributed by atoms with van der Waals surface area (Å²) in [6, 6.07) is -0.550. The number of hydrogen-bond donors (Lipinski definition) is 2. The SMILES string of the molecule is CC(C)N(N)C(C=N)C(=O)P. The fourth-order valence-corrected chi connectivity index (χ4v) is 0.905. The van der Waals surface area contributed by atoms with Crippen molar-refractivity contribution in [2.24, 2.45) is 5.84 Å². The first-order valence-corrected chi connectivity index (χ1v) is 3.91. The molecule has 0 saturated carbocycles. The molecule has 0 aliphatic carbocycles. The zero-order valence-electron chi connectivity index (χ0n) is 6.74. The van der Waals surface area contributed by atoms with E-state index in [9.17, 15) is 4.79 Å². The number of nitrogens with one attached hydrogen (secondary N) is 1. The second-order valence-corrected chi connectivity index (χ2v) is 3.12. The molecule has 4 nitrogen and oxygen atoms in total. The molecule has 2 unspecified atom stereocenters. The van der Waals surface area contributed by atoms with Crippen LogP contribution in [-0.4, -0.2) is 28.8 Å². The summed E-state index contributed by atoms with van der Waals surface area (Å²) in [5, 5.41) is 8.28. The van der Waals surface area contributed by atoms with Crippen LogP contribution < -0.4 is 5.84 Å². The third kappa shape index (κ3) is 3.06. The van der Waals surface area contributed by atoms with Gasteiger partial charge in [0.25, 0.3) is 0 Å². The summed E-state index contributed by atoms with van der Waals surface area (Å²) in [7, 11) is 2.02. The number of nitrogens with zero attached hydrogens (tertiary/aromatic N) is 1. The van der Waals surface area contributed by atoms with E-state index in [-0.39, 0.29) is 11.6 Å². The first-order valence-electron chi connectivity index (χ1n) is 3.33. The second-order valence-electron chi connectivity index (χ2n) is 2.55. The van der Waals surface area contributed by atoms with Crippen LogP contribution in [0.15, 0.2) is 0 Å². The lowest BCUT2D eigenvalue weighted by Gasteiger charge is -2.25. The maximum absolute atomic E-state index is 10.8. The van der Waals surface area contributed by atoms with Crippen molar-refractivity contribution in [3.05, 3.63) is 0 Å². The Morgan fingerprint density at radius 2 is 2.18 bits per heavy atom. The van der Waals surface area contributed by atoms with Gasteiger partial charge >= 0.3 is 0 Å². The Morgan fingerprint density at radius 3 is 2.27 bits per heavy atom. The molecule has 0 spiro atoms. The molecule has 0 rings (SSSR count). The summed E-state index contributed by atoms with van der Waals surface area (Å²) in [6.45, 7) is 3.73. The first-order chi connectivity index (χ1) is 5.00. The first kappa shape index (κ1) is 10.7. The highest BCUT2D eigenvalue weighted by atomic mass is 31.0. The van der Waals surface area contributed by atoms with E-state index in [0.717, 1.165) is 6.21 Å². The van der Waals surface area contributed by atoms with Gasteiger partial charge in [0, 0.05) is 12.3 Å². The van der Waals surface area contributed by atoms with Gasteiger partial charge in [0.05, 0.1) is 0 Å². The minimum Gasteiger partial charge on any atom is -0.311 e. The zero-order valence-corrected chi connectivity index (χ0v) is 7.90. The largest absolute Gasteiger partial charge is 0.311 e. The predicted octanol–water partition coefficient (Wildman–Crippen LogP) is -0.00963. The molecule has 0 aromatic carbocycles. The molecule has 5 heteroatoms. The highest BCUT2D eigenvalue weighted by Crippen LogP contribution is 2.02. The smallest absolute Gasteiger partial charge is 0.172 e. The van der Waals surface area contributed by atoms with Gasteiger partial charge in [0.15, 0.2) is 5.52 Å². The van der Waals surface area contributed by atoms with Gasteiger partial charge in [-0.15, -0.1) is 0 Å². The van der Waals surface area contributed by atoms with Crippen molar-refractivity contribution < 1.29 is 4.79 Å². The third-order valence-corrected chi connectivity index (χ3v) is 1.71. The Labute approximate surface area is 68.8 Å². The lowest BCUT2D eigenvalue weighted by atomic mass is 10.3. The molecule has 0 amide bonds. The number of hydrazine groups is 1. The number of carbonyl (C=O) groups is 1. The Balaban J connectivity index is 4.25. The van der Waals surface area contributed by atoms with E-state index in [4.69, 9.17) is 11.3 Å². The average molecular weight is 175 g/mol. The van der Waals surface area contributed by atoms with E-state index in [0.29, 0.717) is 0 Å². The van der Waals surface area contributed by atoms with Crippen LogP contribution >= 0.6 is 9.24 Å². The molecule has 64 valence electrons. The number of rotatable bonds is 4. The maximum atomic E-state index is 10.8. The van der Waals surface area contributed by atoms with Crippen molar-refractivity contribution in [3.63, 3.8) is 0 Å². The minimum atomic E-state index is -0.611. The maximum Gasteiger partial charge on any atom is 0.172 e. The highest BCUT2D eigenvalue weighted by molar-refractivity contribution is 7.40. The number of hydrogen-bond acceptors (Lipinski definition) is 4. The van der Waals surface area contributed by atoms with Crippen LogP contribution in [0.2, 0.25) is 0 Å². The minimum absolute atomic E-state index is 0.0612. The molecule has 0 fully saturated rings. The van der Waals surface area contributed by atoms with E-state index in [1.54, 1.807) is 0 Å². The molecule has 2 atom stereocenters. The topological polar surface area (TPSA) is 70.2 Å². The van der Waals surface area contributed by atoms with E-state index in [1.165, 1.54) is 5.01 Å². The lowest BCUT2D eigenvalue weighted by molar-refractivity contribution is -0.114. The van der Waals surface area contributed by atoms with E-state index in [1.807, 2.05) is 23.1 Å². The van der Waals surface area contributed by atoms with E-state index < -0.39 is 6.04 Å². The molecular formula is C6H14N3OP.